The molecule has 2 atom stereocenters. The average Bonchev–Trinajstić information content (AvgIpc) is 3.57. The maximum atomic E-state index is 13.1. The van der Waals surface area contributed by atoms with Gasteiger partial charge in [-0.25, -0.2) is 4.79 Å². The van der Waals surface area contributed by atoms with Gasteiger partial charge in [0.15, 0.2) is 24.7 Å². The van der Waals surface area contributed by atoms with Gasteiger partial charge in [-0.3, -0.25) is 14.5 Å². The monoisotopic (exact) mass is 572 g/mol. The Balaban J connectivity index is 1.33. The van der Waals surface area contributed by atoms with Crippen LogP contribution < -0.4 is 20.7 Å². The quantitative estimate of drug-likeness (QED) is 0.102. The van der Waals surface area contributed by atoms with E-state index in [4.69, 9.17) is 15.1 Å². The molecule has 0 bridgehead atoms. The minimum Gasteiger partial charge on any atom is -0.543 e. The van der Waals surface area contributed by atoms with E-state index in [-0.39, 0.29) is 23.8 Å². The number of amides is 2. The van der Waals surface area contributed by atoms with Gasteiger partial charge in [0, 0.05) is 28.8 Å². The van der Waals surface area contributed by atoms with Crippen molar-refractivity contribution in [2.45, 2.75) is 18.0 Å². The van der Waals surface area contributed by atoms with Crippen LogP contribution in [0.5, 0.6) is 0 Å². The smallest absolute Gasteiger partial charge is 0.346 e. The summed E-state index contributed by atoms with van der Waals surface area (Å²) in [6.07, 6.45) is 3.75. The molecule has 202 valence electrons. The van der Waals surface area contributed by atoms with Gasteiger partial charge in [0.05, 0.1) is 23.5 Å². The molecule has 2 aliphatic rings. The summed E-state index contributed by atoms with van der Waals surface area (Å²) in [6.45, 7) is -0.338. The van der Waals surface area contributed by atoms with E-state index in [1.165, 1.54) is 17.8 Å². The fraction of sp³-hybridized carbons (Fsp3) is 0.261. The van der Waals surface area contributed by atoms with E-state index in [0.29, 0.717) is 11.3 Å². The fourth-order valence-corrected chi connectivity index (χ4v) is 6.24. The van der Waals surface area contributed by atoms with Gasteiger partial charge in [0.25, 0.3) is 11.8 Å². The molecule has 0 spiro atoms. The summed E-state index contributed by atoms with van der Waals surface area (Å²) in [7, 11) is 1.15. The number of rotatable bonds is 9. The number of aromatic nitrogens is 2. The van der Waals surface area contributed by atoms with Crippen molar-refractivity contribution in [2.75, 3.05) is 25.2 Å². The van der Waals surface area contributed by atoms with Crippen molar-refractivity contribution >= 4 is 68.5 Å². The molecule has 5 heterocycles. The molecule has 39 heavy (non-hydrogen) atoms. The van der Waals surface area contributed by atoms with E-state index < -0.39 is 47.5 Å². The molecule has 0 aliphatic carbocycles. The lowest BCUT2D eigenvalue weighted by atomic mass is 10.0. The minimum atomic E-state index is -1.48. The molecule has 0 saturated carbocycles. The lowest BCUT2D eigenvalue weighted by molar-refractivity contribution is -0.687. The Labute approximate surface area is 228 Å². The Bertz CT molecular complexity index is 1550. The number of thiophene rings is 1. The highest BCUT2D eigenvalue weighted by Gasteiger charge is 2.53. The largest absolute Gasteiger partial charge is 0.543 e. The summed E-state index contributed by atoms with van der Waals surface area (Å²) in [5.74, 6) is -3.56. The van der Waals surface area contributed by atoms with Crippen molar-refractivity contribution in [3.8, 4) is 0 Å². The molecular weight excluding hydrogens is 552 g/mol. The highest BCUT2D eigenvalue weighted by Crippen LogP contribution is 2.40. The number of pyridine rings is 1. The van der Waals surface area contributed by atoms with Crippen LogP contribution in [0.1, 0.15) is 5.69 Å². The number of aliphatic carboxylic acids is 1. The lowest BCUT2D eigenvalue weighted by Crippen LogP contribution is -2.71. The number of nitrogen functional groups attached to an aromatic ring is 1. The first-order chi connectivity index (χ1) is 18.8. The normalized spacial score (nSPS) is 18.9. The molecule has 3 aromatic rings. The average molecular weight is 573 g/mol. The zero-order valence-corrected chi connectivity index (χ0v) is 21.8. The van der Waals surface area contributed by atoms with Gasteiger partial charge in [0.2, 0.25) is 12.5 Å². The highest BCUT2D eigenvalue weighted by molar-refractivity contribution is 8.00. The third-order valence-electron chi connectivity index (χ3n) is 5.91. The van der Waals surface area contributed by atoms with Crippen LogP contribution >= 0.6 is 23.1 Å². The van der Waals surface area contributed by atoms with Crippen molar-refractivity contribution in [2.24, 2.45) is 5.16 Å². The van der Waals surface area contributed by atoms with Gasteiger partial charge < -0.3 is 35.0 Å². The third kappa shape index (κ3) is 5.15. The Morgan fingerprint density at radius 3 is 2.92 bits per heavy atom. The van der Waals surface area contributed by atoms with E-state index in [0.717, 1.165) is 22.1 Å². The topological polar surface area (TPSA) is 193 Å². The maximum absolute atomic E-state index is 13.1. The van der Waals surface area contributed by atoms with Crippen LogP contribution in [0.25, 0.3) is 10.1 Å². The Morgan fingerprint density at radius 1 is 1.38 bits per heavy atom. The van der Waals surface area contributed by atoms with Crippen molar-refractivity contribution in [1.82, 2.24) is 15.4 Å². The van der Waals surface area contributed by atoms with Gasteiger partial charge in [-0.15, -0.1) is 23.1 Å². The van der Waals surface area contributed by atoms with Gasteiger partial charge in [-0.1, -0.05) is 10.3 Å². The van der Waals surface area contributed by atoms with Crippen molar-refractivity contribution in [3.05, 3.63) is 52.9 Å². The number of hydrogen-bond donors (Lipinski definition) is 2. The summed E-state index contributed by atoms with van der Waals surface area (Å²) in [4.78, 5) is 55.5. The number of nitrogens with two attached hydrogens (primary N) is 1. The van der Waals surface area contributed by atoms with E-state index in [1.807, 2.05) is 34.5 Å². The number of hydrogen-bond acceptors (Lipinski definition) is 13. The van der Waals surface area contributed by atoms with Crippen LogP contribution in [0.2, 0.25) is 0 Å². The maximum Gasteiger partial charge on any atom is 0.346 e. The molecule has 3 N–H and O–H groups in total. The SMILES string of the molecule is COC(=O)CON=C(C(=O)NC1C(=O)N2C(C(=O)[O-])=C(C[n+]3ccc4ccsc4c3)CS[C@@H]12)c1cc(N)on1. The van der Waals surface area contributed by atoms with Gasteiger partial charge in [0.1, 0.15) is 17.1 Å². The molecule has 5 rings (SSSR count). The summed E-state index contributed by atoms with van der Waals surface area (Å²) in [5.41, 5.74) is 5.31. The number of nitrogens with zero attached hydrogens (tertiary/aromatic N) is 4. The van der Waals surface area contributed by atoms with Crippen LogP contribution in [0, 0.1) is 0 Å². The van der Waals surface area contributed by atoms with Crippen LogP contribution in [-0.4, -0.2) is 70.4 Å². The summed E-state index contributed by atoms with van der Waals surface area (Å²) < 4.78 is 12.1. The number of esters is 1. The number of oxime groups is 1. The number of carbonyl (C=O) groups is 4. The van der Waals surface area contributed by atoms with Crippen LogP contribution in [0.15, 0.2) is 56.9 Å². The zero-order chi connectivity index (χ0) is 27.7. The van der Waals surface area contributed by atoms with E-state index in [9.17, 15) is 24.3 Å². The van der Waals surface area contributed by atoms with Gasteiger partial charge >= 0.3 is 5.97 Å². The number of thioether (sulfide) groups is 1. The number of nitrogens with one attached hydrogen (secondary N) is 1. The van der Waals surface area contributed by atoms with Crippen molar-refractivity contribution < 1.29 is 42.9 Å². The number of carbonyl (C=O) groups excluding carboxylic acids is 4. The Hall–Kier alpha value is -4.44. The first-order valence-electron chi connectivity index (χ1n) is 11.3. The molecule has 1 fully saturated rings. The molecule has 0 radical (unpaired) electrons. The van der Waals surface area contributed by atoms with Crippen LogP contribution in [0.3, 0.4) is 0 Å². The van der Waals surface area contributed by atoms with Gasteiger partial charge in [-0.2, -0.15) is 4.57 Å². The molecule has 2 amide bonds. The summed E-state index contributed by atoms with van der Waals surface area (Å²) in [6, 6.07) is 4.06. The second kappa shape index (κ2) is 10.7. The molecular formula is C23H20N6O8S2. The standard InChI is InChI=1S/C23H20N6O8S2/c1-35-16(30)9-36-27-17(13-6-15(24)37-26-13)20(31)25-18-21(32)29-19(23(33)34)12(10-39-22(18)29)7-28-4-2-11-3-5-38-14(11)8-28/h2-6,8,18,22H,7,9-10H2,1H3,(H3-,24,25,26,31,33,34)/t18?,22-/m0/s1. The number of methoxy groups -OCH3 is 1. The van der Waals surface area contributed by atoms with Crippen LogP contribution in [0.4, 0.5) is 5.88 Å². The molecule has 2 aliphatic heterocycles. The molecule has 3 aromatic heterocycles. The predicted molar refractivity (Wildman–Crippen MR) is 134 cm³/mol. The number of carboxylic acids is 1. The highest BCUT2D eigenvalue weighted by atomic mass is 32.2. The number of β-lactam (4-membered cyclic amide) rings is 1. The number of fused-ring (bicyclic) bond motifs is 2. The number of anilines is 1. The summed E-state index contributed by atoms with van der Waals surface area (Å²) >= 11 is 2.87. The van der Waals surface area contributed by atoms with Gasteiger partial charge in [-0.05, 0) is 11.4 Å². The Morgan fingerprint density at radius 2 is 2.21 bits per heavy atom. The molecule has 14 nitrogen and oxygen atoms in total. The third-order valence-corrected chi connectivity index (χ3v) is 8.12. The second-order valence-corrected chi connectivity index (χ2v) is 10.4. The summed E-state index contributed by atoms with van der Waals surface area (Å²) in [5, 5.41) is 24.2. The second-order valence-electron chi connectivity index (χ2n) is 8.36. The molecule has 1 unspecified atom stereocenters. The van der Waals surface area contributed by atoms with E-state index in [2.05, 4.69) is 20.4 Å². The first-order valence-corrected chi connectivity index (χ1v) is 13.2. The number of ether oxygens (including phenoxy) is 1. The van der Waals surface area contributed by atoms with Crippen molar-refractivity contribution in [3.63, 3.8) is 0 Å². The predicted octanol–water partition coefficient (Wildman–Crippen LogP) is -1.24. The lowest BCUT2D eigenvalue weighted by Gasteiger charge is -2.50. The van der Waals surface area contributed by atoms with Crippen molar-refractivity contribution in [1.29, 1.82) is 0 Å². The minimum absolute atomic E-state index is 0.105. The Kier molecular flexibility index (Phi) is 7.21. The first kappa shape index (κ1) is 26.2. The molecule has 1 saturated heterocycles. The molecule has 16 heteroatoms. The zero-order valence-electron chi connectivity index (χ0n) is 20.2. The number of carboxylic acid groups (broad SMARTS) is 1. The fourth-order valence-electron chi connectivity index (χ4n) is 4.08. The van der Waals surface area contributed by atoms with E-state index >= 15 is 0 Å². The van der Waals surface area contributed by atoms with Crippen LogP contribution in [-0.2, 0) is 35.3 Å². The molecule has 0 aromatic carbocycles. The van der Waals surface area contributed by atoms with E-state index in [1.54, 1.807) is 11.3 Å².